The molecule has 0 bridgehead atoms. The lowest BCUT2D eigenvalue weighted by Crippen LogP contribution is -2.51. The van der Waals surface area contributed by atoms with Gasteiger partial charge in [0, 0.05) is 24.2 Å². The molecule has 2 aromatic heterocycles. The zero-order valence-electron chi connectivity index (χ0n) is 32.4. The second-order valence-electron chi connectivity index (χ2n) is 14.5. The normalized spacial score (nSPS) is 17.0. The first-order valence-corrected chi connectivity index (χ1v) is 18.5. The predicted molar refractivity (Wildman–Crippen MR) is 220 cm³/mol. The summed E-state index contributed by atoms with van der Waals surface area (Å²) in [6, 6.07) is 10.0. The molecular formula is C41H48Cl2N8O6. The second kappa shape index (κ2) is 19.4. The maximum atomic E-state index is 13.4. The van der Waals surface area contributed by atoms with Gasteiger partial charge in [-0.25, -0.2) is 19.6 Å². The molecule has 4 atom stereocenters. The molecule has 2 saturated heterocycles. The van der Waals surface area contributed by atoms with E-state index in [0.29, 0.717) is 30.4 Å². The van der Waals surface area contributed by atoms with E-state index in [0.717, 1.165) is 53.3 Å². The lowest BCUT2D eigenvalue weighted by atomic mass is 10.0. The summed E-state index contributed by atoms with van der Waals surface area (Å²) in [4.78, 5) is 69.2. The molecule has 14 nitrogen and oxygen atoms in total. The van der Waals surface area contributed by atoms with Crippen LogP contribution in [0.25, 0.3) is 22.0 Å². The molecule has 16 heteroatoms. The van der Waals surface area contributed by atoms with Crippen molar-refractivity contribution in [3.05, 3.63) is 71.7 Å². The van der Waals surface area contributed by atoms with Crippen molar-refractivity contribution in [1.82, 2.24) is 40.4 Å². The van der Waals surface area contributed by atoms with Crippen LogP contribution >= 0.6 is 24.8 Å². The number of rotatable bonds is 9. The third kappa shape index (κ3) is 10.2. The number of carboxylic acid groups (broad SMARTS) is 1. The average molecular weight is 820 g/mol. The van der Waals surface area contributed by atoms with Crippen LogP contribution in [0.15, 0.2) is 48.8 Å². The summed E-state index contributed by atoms with van der Waals surface area (Å²) >= 11 is 0. The third-order valence-electron chi connectivity index (χ3n) is 10.1. The van der Waals surface area contributed by atoms with Crippen LogP contribution in [0, 0.1) is 35.5 Å². The Labute approximate surface area is 344 Å². The highest BCUT2D eigenvalue weighted by molar-refractivity contribution is 5.89. The van der Waals surface area contributed by atoms with Gasteiger partial charge in [-0.05, 0) is 84.3 Å². The van der Waals surface area contributed by atoms with Crippen molar-refractivity contribution in [2.75, 3.05) is 20.2 Å². The number of nitrogens with zero attached hydrogens (tertiary/aromatic N) is 4. The molecule has 2 aliphatic heterocycles. The molecular weight excluding hydrogens is 771 g/mol. The monoisotopic (exact) mass is 818 g/mol. The van der Waals surface area contributed by atoms with E-state index in [4.69, 9.17) is 4.74 Å². The van der Waals surface area contributed by atoms with Gasteiger partial charge < -0.3 is 40.2 Å². The van der Waals surface area contributed by atoms with Crippen molar-refractivity contribution in [2.45, 2.75) is 77.5 Å². The van der Waals surface area contributed by atoms with Gasteiger partial charge in [0.15, 0.2) is 0 Å². The largest absolute Gasteiger partial charge is 0.465 e. The summed E-state index contributed by atoms with van der Waals surface area (Å²) in [6.45, 7) is 8.52. The number of alkyl carbamates (subject to hydrolysis) is 1. The zero-order valence-corrected chi connectivity index (χ0v) is 34.1. The molecule has 0 unspecified atom stereocenters. The van der Waals surface area contributed by atoms with Gasteiger partial charge in [-0.1, -0.05) is 51.8 Å². The summed E-state index contributed by atoms with van der Waals surface area (Å²) < 4.78 is 4.72. The Morgan fingerprint density at radius 1 is 0.789 bits per heavy atom. The molecule has 2 aromatic carbocycles. The number of carbonyl (C=O) groups excluding carboxylic acids is 3. The Morgan fingerprint density at radius 3 is 1.96 bits per heavy atom. The minimum absolute atomic E-state index is 0. The highest BCUT2D eigenvalue weighted by Gasteiger charge is 2.38. The van der Waals surface area contributed by atoms with Crippen LogP contribution in [0.5, 0.6) is 0 Å². The Bertz CT molecular complexity index is 2210. The molecule has 6 rings (SSSR count). The van der Waals surface area contributed by atoms with E-state index in [1.807, 2.05) is 58.0 Å². The zero-order chi connectivity index (χ0) is 39.2. The number of aromatic amines is 2. The maximum Gasteiger partial charge on any atom is 0.407 e. The second-order valence-corrected chi connectivity index (χ2v) is 14.5. The molecule has 0 spiro atoms. The van der Waals surface area contributed by atoms with Gasteiger partial charge in [-0.15, -0.1) is 24.8 Å². The molecule has 0 aliphatic carbocycles. The molecule has 2 fully saturated rings. The van der Waals surface area contributed by atoms with Gasteiger partial charge in [0.25, 0.3) is 0 Å². The predicted octanol–water partition coefficient (Wildman–Crippen LogP) is 6.20. The Hall–Kier alpha value is -5.70. The van der Waals surface area contributed by atoms with Gasteiger partial charge in [0.2, 0.25) is 11.8 Å². The summed E-state index contributed by atoms with van der Waals surface area (Å²) in [6.07, 6.45) is 4.67. The smallest absolute Gasteiger partial charge is 0.407 e. The standard InChI is InChI=1S/C41H46N8O6.2ClH/c1-24(2)34(46-40(52)53)38(50)49-19-9-13-33(49)37-43-23-31(45-37)29-17-16-27-20-26(14-15-28(27)21-29)10-6-7-11-30-22-42-36(44-30)32-12-8-18-48(32)39(51)35(25(3)4)47-41(54)55-5;;/h14-17,20-25,32-35,46H,8-9,12-13,18-19H2,1-5H3,(H,42,44)(H,43,45)(H,47,54)(H,52,53);2*1H/t32-,33-,34-,35-;;/m0../s1. The van der Waals surface area contributed by atoms with Crippen molar-refractivity contribution in [2.24, 2.45) is 11.8 Å². The lowest BCUT2D eigenvalue weighted by Gasteiger charge is -2.29. The number of likely N-dealkylation sites (tertiary alicyclic amines) is 2. The molecule has 4 heterocycles. The molecule has 57 heavy (non-hydrogen) atoms. The topological polar surface area (TPSA) is 186 Å². The molecule has 0 saturated carbocycles. The Balaban J connectivity index is 0.00000360. The van der Waals surface area contributed by atoms with Gasteiger partial charge in [-0.2, -0.15) is 0 Å². The molecule has 0 radical (unpaired) electrons. The number of fused-ring (bicyclic) bond motifs is 1. The number of H-pyrrole nitrogens is 2. The van der Waals surface area contributed by atoms with Crippen molar-refractivity contribution < 1.29 is 29.0 Å². The Morgan fingerprint density at radius 2 is 1.35 bits per heavy atom. The number of halogens is 2. The minimum atomic E-state index is -1.22. The summed E-state index contributed by atoms with van der Waals surface area (Å²) in [7, 11) is 1.27. The third-order valence-corrected chi connectivity index (χ3v) is 10.1. The van der Waals surface area contributed by atoms with Crippen LogP contribution in [-0.4, -0.2) is 91.1 Å². The molecule has 5 N–H and O–H groups in total. The van der Waals surface area contributed by atoms with Crippen LogP contribution in [-0.2, 0) is 14.3 Å². The van der Waals surface area contributed by atoms with Gasteiger partial charge >= 0.3 is 12.2 Å². The van der Waals surface area contributed by atoms with Crippen LogP contribution < -0.4 is 10.6 Å². The highest BCUT2D eigenvalue weighted by atomic mass is 35.5. The number of aromatic nitrogens is 4. The first-order chi connectivity index (χ1) is 26.4. The van der Waals surface area contributed by atoms with Crippen LogP contribution in [0.1, 0.15) is 88.4 Å². The average Bonchev–Trinajstić information content (AvgIpc) is 4.00. The van der Waals surface area contributed by atoms with Crippen LogP contribution in [0.3, 0.4) is 0 Å². The highest BCUT2D eigenvalue weighted by Crippen LogP contribution is 2.34. The van der Waals surface area contributed by atoms with E-state index in [2.05, 4.69) is 60.3 Å². The lowest BCUT2D eigenvalue weighted by molar-refractivity contribution is -0.136. The number of methoxy groups -OCH3 is 1. The number of hydrogen-bond acceptors (Lipinski definition) is 7. The van der Waals surface area contributed by atoms with Crippen molar-refractivity contribution in [3.8, 4) is 34.9 Å². The van der Waals surface area contributed by atoms with Crippen LogP contribution in [0.2, 0.25) is 0 Å². The van der Waals surface area contributed by atoms with E-state index in [1.54, 1.807) is 22.2 Å². The van der Waals surface area contributed by atoms with Crippen LogP contribution in [0.4, 0.5) is 9.59 Å². The maximum absolute atomic E-state index is 13.4. The number of ether oxygens (including phenoxy) is 1. The SMILES string of the molecule is COC(=O)N[C@H](C(=O)N1CCC[C@H]1c1ncc(C#CC#Cc2ccc3cc(-c4cnc([C@@H]5CCCN5C(=O)[C@@H](NC(=O)O)C(C)C)[nH]4)ccc3c2)[nH]1)C(C)C.Cl.Cl. The van der Waals surface area contributed by atoms with Gasteiger partial charge in [-0.3, -0.25) is 9.59 Å². The number of hydrogen-bond donors (Lipinski definition) is 5. The number of carbonyl (C=O) groups is 4. The van der Waals surface area contributed by atoms with Crippen molar-refractivity contribution >= 4 is 59.6 Å². The number of amides is 4. The van der Waals surface area contributed by atoms with Gasteiger partial charge in [0.1, 0.15) is 29.4 Å². The Kier molecular flexibility index (Phi) is 15.0. The molecule has 4 amide bonds. The fourth-order valence-electron chi connectivity index (χ4n) is 7.25. The number of nitrogens with one attached hydrogen (secondary N) is 4. The first-order valence-electron chi connectivity index (χ1n) is 18.5. The van der Waals surface area contributed by atoms with Crippen molar-refractivity contribution in [3.63, 3.8) is 0 Å². The molecule has 2 aliphatic rings. The fourth-order valence-corrected chi connectivity index (χ4v) is 7.25. The minimum Gasteiger partial charge on any atom is -0.465 e. The van der Waals surface area contributed by atoms with E-state index >= 15 is 0 Å². The molecule has 4 aromatic rings. The van der Waals surface area contributed by atoms with E-state index in [-0.39, 0.29) is 60.5 Å². The number of benzene rings is 2. The van der Waals surface area contributed by atoms with Gasteiger partial charge in [0.05, 0.1) is 37.3 Å². The number of imidazole rings is 2. The molecule has 302 valence electrons. The van der Waals surface area contributed by atoms with Crippen molar-refractivity contribution in [1.29, 1.82) is 0 Å². The van der Waals surface area contributed by atoms with E-state index in [9.17, 15) is 24.3 Å². The quantitative estimate of drug-likeness (QED) is 0.124. The summed E-state index contributed by atoms with van der Waals surface area (Å²) in [5.41, 5.74) is 3.17. The first kappa shape index (κ1) is 44.0. The fraction of sp³-hybridized carbons (Fsp3) is 0.415. The summed E-state index contributed by atoms with van der Waals surface area (Å²) in [5.74, 6) is 12.5. The van der Waals surface area contributed by atoms with E-state index < -0.39 is 24.3 Å². The van der Waals surface area contributed by atoms with E-state index in [1.165, 1.54) is 7.11 Å². The summed E-state index contributed by atoms with van der Waals surface area (Å²) in [5, 5.41) is 16.3.